The molecule has 1 aromatic heterocycles. The lowest BCUT2D eigenvalue weighted by molar-refractivity contribution is -0.136. The normalized spacial score (nSPS) is 9.83. The predicted octanol–water partition coefficient (Wildman–Crippen LogP) is 1.45. The molecule has 0 fully saturated rings. The highest BCUT2D eigenvalue weighted by Crippen LogP contribution is 2.08. The predicted molar refractivity (Wildman–Crippen MR) is 48.3 cm³/mol. The zero-order chi connectivity index (χ0) is 9.14. The van der Waals surface area contributed by atoms with E-state index in [1.807, 2.05) is 0 Å². The second kappa shape index (κ2) is 3.79. The van der Waals surface area contributed by atoms with Gasteiger partial charge in [-0.25, -0.2) is 9.37 Å². The van der Waals surface area contributed by atoms with E-state index in [0.717, 1.165) is 0 Å². The molecule has 1 N–H and O–H groups in total. The van der Waals surface area contributed by atoms with E-state index in [0.29, 0.717) is 5.69 Å². The molecule has 0 saturated carbocycles. The van der Waals surface area contributed by atoms with Gasteiger partial charge in [0.1, 0.15) is 3.70 Å². The minimum atomic E-state index is -0.968. The van der Waals surface area contributed by atoms with E-state index in [4.69, 9.17) is 5.11 Å². The van der Waals surface area contributed by atoms with Gasteiger partial charge in [-0.15, -0.1) is 0 Å². The van der Waals surface area contributed by atoms with Crippen LogP contribution < -0.4 is 0 Å². The molecule has 0 bridgehead atoms. The van der Waals surface area contributed by atoms with E-state index >= 15 is 0 Å². The van der Waals surface area contributed by atoms with Gasteiger partial charge >= 0.3 is 5.97 Å². The molecule has 64 valence electrons. The number of aliphatic carboxylic acids is 1. The summed E-state index contributed by atoms with van der Waals surface area (Å²) in [6, 6.07) is 2.58. The molecule has 3 nitrogen and oxygen atoms in total. The Labute approximate surface area is 81.8 Å². The maximum absolute atomic E-state index is 12.6. The molecule has 0 radical (unpaired) electrons. The van der Waals surface area contributed by atoms with Crippen LogP contribution in [0.25, 0.3) is 0 Å². The third-order valence-corrected chi connectivity index (χ3v) is 1.95. The fourth-order valence-corrected chi connectivity index (χ4v) is 1.20. The molecule has 0 aliphatic rings. The van der Waals surface area contributed by atoms with E-state index in [1.165, 1.54) is 12.1 Å². The van der Waals surface area contributed by atoms with Crippen molar-refractivity contribution < 1.29 is 14.3 Å². The number of hydrogen-bond donors (Lipinski definition) is 1. The molecule has 0 saturated heterocycles. The van der Waals surface area contributed by atoms with Gasteiger partial charge < -0.3 is 5.11 Å². The van der Waals surface area contributed by atoms with Gasteiger partial charge in [-0.05, 0) is 34.7 Å². The SMILES string of the molecule is O=C(O)Cc1ccc(F)c(I)n1. The third kappa shape index (κ3) is 2.40. The van der Waals surface area contributed by atoms with Gasteiger partial charge in [-0.1, -0.05) is 0 Å². The van der Waals surface area contributed by atoms with Crippen molar-refractivity contribution >= 4 is 28.6 Å². The number of carboxylic acids is 1. The van der Waals surface area contributed by atoms with Crippen LogP contribution >= 0.6 is 22.6 Å². The van der Waals surface area contributed by atoms with Crippen molar-refractivity contribution in [2.24, 2.45) is 0 Å². The number of aromatic nitrogens is 1. The van der Waals surface area contributed by atoms with Crippen LogP contribution in [0, 0.1) is 9.52 Å². The minimum Gasteiger partial charge on any atom is -0.481 e. The fourth-order valence-electron chi connectivity index (χ4n) is 0.708. The van der Waals surface area contributed by atoms with E-state index in [1.54, 1.807) is 22.6 Å². The molecule has 1 aromatic rings. The first-order chi connectivity index (χ1) is 5.59. The maximum Gasteiger partial charge on any atom is 0.309 e. The molecule has 1 rings (SSSR count). The minimum absolute atomic E-state index is 0.170. The van der Waals surface area contributed by atoms with E-state index in [9.17, 15) is 9.18 Å². The van der Waals surface area contributed by atoms with Crippen molar-refractivity contribution in [3.63, 3.8) is 0 Å². The lowest BCUT2D eigenvalue weighted by atomic mass is 10.3. The number of carboxylic acid groups (broad SMARTS) is 1. The molecule has 0 spiro atoms. The van der Waals surface area contributed by atoms with Crippen molar-refractivity contribution in [2.45, 2.75) is 6.42 Å². The Balaban J connectivity index is 2.89. The van der Waals surface area contributed by atoms with Gasteiger partial charge in [0.05, 0.1) is 12.1 Å². The van der Waals surface area contributed by atoms with Crippen LogP contribution in [-0.2, 0) is 11.2 Å². The Morgan fingerprint density at radius 3 is 2.83 bits per heavy atom. The highest BCUT2D eigenvalue weighted by molar-refractivity contribution is 14.1. The van der Waals surface area contributed by atoms with Gasteiger partial charge in [-0.2, -0.15) is 0 Å². The number of halogens is 2. The molecule has 12 heavy (non-hydrogen) atoms. The first kappa shape index (κ1) is 9.37. The van der Waals surface area contributed by atoms with Gasteiger partial charge in [0.15, 0.2) is 5.82 Å². The molecular formula is C7H5FINO2. The number of nitrogens with zero attached hydrogens (tertiary/aromatic N) is 1. The van der Waals surface area contributed by atoms with Gasteiger partial charge in [0.2, 0.25) is 0 Å². The molecule has 0 aromatic carbocycles. The molecule has 0 atom stereocenters. The van der Waals surface area contributed by atoms with Crippen molar-refractivity contribution in [3.05, 3.63) is 27.3 Å². The number of carbonyl (C=O) groups is 1. The van der Waals surface area contributed by atoms with Crippen molar-refractivity contribution in [1.82, 2.24) is 4.98 Å². The topological polar surface area (TPSA) is 50.2 Å². The van der Waals surface area contributed by atoms with E-state index < -0.39 is 11.8 Å². The van der Waals surface area contributed by atoms with Crippen molar-refractivity contribution in [1.29, 1.82) is 0 Å². The summed E-state index contributed by atoms with van der Waals surface area (Å²) in [7, 11) is 0. The first-order valence-corrected chi connectivity index (χ1v) is 4.20. The summed E-state index contributed by atoms with van der Waals surface area (Å²) in [6.45, 7) is 0. The average Bonchev–Trinajstić information content (AvgIpc) is 1.96. The largest absolute Gasteiger partial charge is 0.481 e. The standard InChI is InChI=1S/C7H5FINO2/c8-5-2-1-4(3-6(11)12)10-7(5)9/h1-2H,3H2,(H,11,12). The van der Waals surface area contributed by atoms with Crippen LogP contribution in [0.5, 0.6) is 0 Å². The summed E-state index contributed by atoms with van der Waals surface area (Å²) in [5.41, 5.74) is 0.369. The van der Waals surface area contributed by atoms with Crippen molar-refractivity contribution in [3.8, 4) is 0 Å². The smallest absolute Gasteiger partial charge is 0.309 e. The molecule has 0 amide bonds. The number of rotatable bonds is 2. The van der Waals surface area contributed by atoms with Crippen LogP contribution in [0.4, 0.5) is 4.39 Å². The molecule has 1 heterocycles. The molecule has 0 aliphatic carbocycles. The zero-order valence-electron chi connectivity index (χ0n) is 5.92. The fraction of sp³-hybridized carbons (Fsp3) is 0.143. The van der Waals surface area contributed by atoms with Crippen LogP contribution in [0.2, 0.25) is 0 Å². The summed E-state index contributed by atoms with van der Waals surface area (Å²) in [5, 5.41) is 8.39. The summed E-state index contributed by atoms with van der Waals surface area (Å²) in [6.07, 6.45) is -0.170. The molecule has 0 unspecified atom stereocenters. The van der Waals surface area contributed by atoms with Crippen molar-refractivity contribution in [2.75, 3.05) is 0 Å². The highest BCUT2D eigenvalue weighted by atomic mass is 127. The highest BCUT2D eigenvalue weighted by Gasteiger charge is 2.05. The molecule has 5 heteroatoms. The van der Waals surface area contributed by atoms with Crippen LogP contribution in [0.3, 0.4) is 0 Å². The van der Waals surface area contributed by atoms with Gasteiger partial charge in [-0.3, -0.25) is 4.79 Å². The Morgan fingerprint density at radius 2 is 2.33 bits per heavy atom. The summed E-state index contributed by atoms with van der Waals surface area (Å²) in [5.74, 6) is -1.39. The van der Waals surface area contributed by atoms with Crippen LogP contribution in [0.15, 0.2) is 12.1 Å². The van der Waals surface area contributed by atoms with E-state index in [2.05, 4.69) is 4.98 Å². The summed E-state index contributed by atoms with van der Waals surface area (Å²) < 4.78 is 12.8. The summed E-state index contributed by atoms with van der Waals surface area (Å²) >= 11 is 1.72. The average molecular weight is 281 g/mol. The lowest BCUT2D eigenvalue weighted by Crippen LogP contribution is -2.03. The Morgan fingerprint density at radius 1 is 1.67 bits per heavy atom. The van der Waals surface area contributed by atoms with Crippen LogP contribution in [0.1, 0.15) is 5.69 Å². The van der Waals surface area contributed by atoms with Gasteiger partial charge in [0, 0.05) is 0 Å². The quantitative estimate of drug-likeness (QED) is 0.659. The molecule has 0 aliphatic heterocycles. The Kier molecular flexibility index (Phi) is 2.96. The van der Waals surface area contributed by atoms with Gasteiger partial charge in [0.25, 0.3) is 0 Å². The Bertz CT molecular complexity index is 316. The monoisotopic (exact) mass is 281 g/mol. The van der Waals surface area contributed by atoms with Crippen LogP contribution in [-0.4, -0.2) is 16.1 Å². The number of hydrogen-bond acceptors (Lipinski definition) is 2. The lowest BCUT2D eigenvalue weighted by Gasteiger charge is -1.97. The third-order valence-electron chi connectivity index (χ3n) is 1.19. The van der Waals surface area contributed by atoms with E-state index in [-0.39, 0.29) is 10.1 Å². The number of pyridine rings is 1. The molecular weight excluding hydrogens is 276 g/mol. The Hall–Kier alpha value is -0.720. The zero-order valence-corrected chi connectivity index (χ0v) is 8.08. The maximum atomic E-state index is 12.6. The summed E-state index contributed by atoms with van der Waals surface area (Å²) in [4.78, 5) is 14.0. The second-order valence-electron chi connectivity index (χ2n) is 2.15. The first-order valence-electron chi connectivity index (χ1n) is 3.12. The second-order valence-corrected chi connectivity index (χ2v) is 3.17.